The van der Waals surface area contributed by atoms with Gasteiger partial charge in [0.05, 0.1) is 22.6 Å². The molecular weight excluding hydrogens is 332 g/mol. The van der Waals surface area contributed by atoms with Gasteiger partial charge in [0.15, 0.2) is 0 Å². The van der Waals surface area contributed by atoms with Gasteiger partial charge in [0, 0.05) is 12.2 Å². The van der Waals surface area contributed by atoms with Crippen molar-refractivity contribution < 1.29 is 14.7 Å². The van der Waals surface area contributed by atoms with Gasteiger partial charge in [-0.3, -0.25) is 4.79 Å². The van der Waals surface area contributed by atoms with Gasteiger partial charge in [-0.2, -0.15) is 0 Å². The molecule has 1 amide bonds. The van der Waals surface area contributed by atoms with Gasteiger partial charge in [-0.1, -0.05) is 12.1 Å². The number of nitrogens with one attached hydrogen (secondary N) is 1. The summed E-state index contributed by atoms with van der Waals surface area (Å²) in [6.45, 7) is 6.01. The van der Waals surface area contributed by atoms with Crippen LogP contribution < -0.4 is 5.32 Å². The molecule has 0 radical (unpaired) electrons. The fourth-order valence-corrected chi connectivity index (χ4v) is 2.91. The topological polar surface area (TPSA) is 97.1 Å². The number of nitrogens with zero attached hydrogens (tertiary/aromatic N) is 3. The number of imidazole rings is 1. The molecule has 0 aliphatic carbocycles. The highest BCUT2D eigenvalue weighted by molar-refractivity contribution is 5.95. The maximum absolute atomic E-state index is 12.5. The average molecular weight is 352 g/mol. The van der Waals surface area contributed by atoms with Crippen molar-refractivity contribution in [3.63, 3.8) is 0 Å². The van der Waals surface area contributed by atoms with Crippen LogP contribution in [0.5, 0.6) is 0 Å². The van der Waals surface area contributed by atoms with Gasteiger partial charge in [0.2, 0.25) is 0 Å². The third-order valence-electron chi connectivity index (χ3n) is 4.12. The number of aromatic nitrogens is 3. The van der Waals surface area contributed by atoms with E-state index in [1.165, 1.54) is 18.3 Å². The lowest BCUT2D eigenvalue weighted by Gasteiger charge is -2.18. The maximum atomic E-state index is 12.5. The van der Waals surface area contributed by atoms with Crippen molar-refractivity contribution in [2.45, 2.75) is 32.9 Å². The zero-order chi connectivity index (χ0) is 18.8. The summed E-state index contributed by atoms with van der Waals surface area (Å²) in [5.41, 5.74) is 2.10. The van der Waals surface area contributed by atoms with Crippen LogP contribution in [0, 0.1) is 0 Å². The highest BCUT2D eigenvalue weighted by Gasteiger charge is 2.20. The number of benzene rings is 1. The van der Waals surface area contributed by atoms with E-state index in [0.29, 0.717) is 5.56 Å². The molecule has 7 heteroatoms. The Bertz CT molecular complexity index is 961. The minimum Gasteiger partial charge on any atom is -0.477 e. The molecule has 134 valence electrons. The van der Waals surface area contributed by atoms with Gasteiger partial charge in [0.1, 0.15) is 11.5 Å². The molecule has 0 bridgehead atoms. The lowest BCUT2D eigenvalue weighted by Crippen LogP contribution is -2.29. The number of pyridine rings is 1. The van der Waals surface area contributed by atoms with E-state index in [9.17, 15) is 9.59 Å². The number of hydrogen-bond donors (Lipinski definition) is 2. The van der Waals surface area contributed by atoms with E-state index in [1.54, 1.807) is 0 Å². The van der Waals surface area contributed by atoms with Gasteiger partial charge in [-0.15, -0.1) is 0 Å². The SMILES string of the molecule is CC(NC(=O)c1ccc(C(=O)O)nc1)c1nc2ccccc2n1C(C)C. The first-order valence-corrected chi connectivity index (χ1v) is 8.35. The Morgan fingerprint density at radius 2 is 1.85 bits per heavy atom. The second kappa shape index (κ2) is 6.95. The Morgan fingerprint density at radius 1 is 1.12 bits per heavy atom. The van der Waals surface area contributed by atoms with Crippen molar-refractivity contribution in [3.8, 4) is 0 Å². The molecule has 2 heterocycles. The Hall–Kier alpha value is -3.22. The number of carboxylic acids is 1. The normalized spacial score (nSPS) is 12.3. The Labute approximate surface area is 150 Å². The maximum Gasteiger partial charge on any atom is 0.354 e. The molecular formula is C19H20N4O3. The van der Waals surface area contributed by atoms with Crippen molar-refractivity contribution in [2.24, 2.45) is 0 Å². The van der Waals surface area contributed by atoms with Crippen LogP contribution in [-0.2, 0) is 0 Å². The minimum absolute atomic E-state index is 0.101. The van der Waals surface area contributed by atoms with Gasteiger partial charge in [-0.25, -0.2) is 14.8 Å². The average Bonchev–Trinajstić information content (AvgIpc) is 3.01. The van der Waals surface area contributed by atoms with Gasteiger partial charge < -0.3 is 15.0 Å². The molecule has 0 aliphatic heterocycles. The molecule has 26 heavy (non-hydrogen) atoms. The third-order valence-corrected chi connectivity index (χ3v) is 4.12. The lowest BCUT2D eigenvalue weighted by molar-refractivity contribution is 0.0689. The minimum atomic E-state index is -1.13. The number of amides is 1. The summed E-state index contributed by atoms with van der Waals surface area (Å²) in [4.78, 5) is 31.8. The number of hydrogen-bond acceptors (Lipinski definition) is 4. The summed E-state index contributed by atoms with van der Waals surface area (Å²) in [6, 6.07) is 10.5. The van der Waals surface area contributed by atoms with E-state index in [0.717, 1.165) is 16.9 Å². The molecule has 7 nitrogen and oxygen atoms in total. The molecule has 0 spiro atoms. The summed E-state index contributed by atoms with van der Waals surface area (Å²) in [7, 11) is 0. The largest absolute Gasteiger partial charge is 0.477 e. The van der Waals surface area contributed by atoms with Crippen molar-refractivity contribution in [2.75, 3.05) is 0 Å². The first kappa shape index (κ1) is 17.6. The standard InChI is InChI=1S/C19H20N4O3/c1-11(2)23-16-7-5-4-6-14(16)22-17(23)12(3)21-18(24)13-8-9-15(19(25)26)20-10-13/h4-12H,1-3H3,(H,21,24)(H,25,26). The molecule has 1 unspecified atom stereocenters. The van der Waals surface area contributed by atoms with Crippen LogP contribution in [0.3, 0.4) is 0 Å². The van der Waals surface area contributed by atoms with E-state index >= 15 is 0 Å². The summed E-state index contributed by atoms with van der Waals surface area (Å²) in [5, 5.41) is 11.8. The van der Waals surface area contributed by atoms with Crippen LogP contribution in [0.4, 0.5) is 0 Å². The van der Waals surface area contributed by atoms with Crippen molar-refractivity contribution in [1.29, 1.82) is 0 Å². The number of carbonyl (C=O) groups excluding carboxylic acids is 1. The molecule has 0 saturated heterocycles. The smallest absolute Gasteiger partial charge is 0.354 e. The Kier molecular flexibility index (Phi) is 4.71. The number of rotatable bonds is 5. The van der Waals surface area contributed by atoms with E-state index in [4.69, 9.17) is 5.11 Å². The molecule has 2 aromatic heterocycles. The van der Waals surface area contributed by atoms with E-state index in [1.807, 2.05) is 31.2 Å². The third kappa shape index (κ3) is 3.28. The van der Waals surface area contributed by atoms with Crippen LogP contribution in [-0.4, -0.2) is 31.5 Å². The van der Waals surface area contributed by atoms with Crippen LogP contribution in [0.15, 0.2) is 42.6 Å². The van der Waals surface area contributed by atoms with Crippen LogP contribution in [0.2, 0.25) is 0 Å². The van der Waals surface area contributed by atoms with Gasteiger partial charge in [-0.05, 0) is 45.0 Å². The predicted octanol–water partition coefficient (Wildman–Crippen LogP) is 3.20. The van der Waals surface area contributed by atoms with Crippen LogP contribution in [0.25, 0.3) is 11.0 Å². The molecule has 3 rings (SSSR count). The fraction of sp³-hybridized carbons (Fsp3) is 0.263. The molecule has 1 aromatic carbocycles. The van der Waals surface area contributed by atoms with Crippen LogP contribution in [0.1, 0.15) is 59.5 Å². The van der Waals surface area contributed by atoms with Crippen molar-refractivity contribution in [3.05, 3.63) is 59.7 Å². The number of carbonyl (C=O) groups is 2. The second-order valence-corrected chi connectivity index (χ2v) is 6.35. The molecule has 1 atom stereocenters. The summed E-state index contributed by atoms with van der Waals surface area (Å²) in [6.07, 6.45) is 1.26. The van der Waals surface area contributed by atoms with Crippen molar-refractivity contribution >= 4 is 22.9 Å². The molecule has 0 aliphatic rings. The van der Waals surface area contributed by atoms with E-state index in [-0.39, 0.29) is 23.7 Å². The number of fused-ring (bicyclic) bond motifs is 1. The molecule has 3 aromatic rings. The zero-order valence-corrected chi connectivity index (χ0v) is 14.8. The fourth-order valence-electron chi connectivity index (χ4n) is 2.91. The molecule has 0 saturated carbocycles. The summed E-state index contributed by atoms with van der Waals surface area (Å²) in [5.74, 6) is -0.690. The monoisotopic (exact) mass is 352 g/mol. The lowest BCUT2D eigenvalue weighted by atomic mass is 10.2. The first-order chi connectivity index (χ1) is 12.4. The Balaban J connectivity index is 1.86. The Morgan fingerprint density at radius 3 is 2.46 bits per heavy atom. The van der Waals surface area contributed by atoms with Crippen LogP contribution >= 0.6 is 0 Å². The molecule has 2 N–H and O–H groups in total. The zero-order valence-electron chi connectivity index (χ0n) is 14.8. The van der Waals surface area contributed by atoms with Gasteiger partial charge in [0.25, 0.3) is 5.91 Å². The second-order valence-electron chi connectivity index (χ2n) is 6.35. The summed E-state index contributed by atoms with van der Waals surface area (Å²) >= 11 is 0. The quantitative estimate of drug-likeness (QED) is 0.735. The number of carboxylic acid groups (broad SMARTS) is 1. The number of para-hydroxylation sites is 2. The van der Waals surface area contributed by atoms with E-state index in [2.05, 4.69) is 33.7 Å². The van der Waals surface area contributed by atoms with Gasteiger partial charge >= 0.3 is 5.97 Å². The number of aromatic carboxylic acids is 1. The predicted molar refractivity (Wildman–Crippen MR) is 97.2 cm³/mol. The summed E-state index contributed by atoms with van der Waals surface area (Å²) < 4.78 is 2.10. The molecule has 0 fully saturated rings. The highest BCUT2D eigenvalue weighted by Crippen LogP contribution is 2.25. The van der Waals surface area contributed by atoms with Crippen molar-refractivity contribution in [1.82, 2.24) is 19.9 Å². The highest BCUT2D eigenvalue weighted by atomic mass is 16.4. The first-order valence-electron chi connectivity index (χ1n) is 8.35. The van der Waals surface area contributed by atoms with E-state index < -0.39 is 5.97 Å².